The second-order valence-electron chi connectivity index (χ2n) is 5.30. The number of hydrogen-bond donors (Lipinski definition) is 1. The molecule has 1 saturated carbocycles. The number of sulfonamides is 1. The summed E-state index contributed by atoms with van der Waals surface area (Å²) in [5.41, 5.74) is 0. The highest BCUT2D eigenvalue weighted by Gasteiger charge is 2.42. The highest BCUT2D eigenvalue weighted by atomic mass is 79.9. The van der Waals surface area contributed by atoms with Crippen LogP contribution in [0.4, 0.5) is 13.2 Å². The Balaban J connectivity index is 2.15. The molecule has 3 nitrogen and oxygen atoms in total. The number of rotatable bonds is 3. The maximum Gasteiger partial charge on any atom is 0.391 e. The SMILES string of the molecule is O=S(=O)(NC1CCCC(C(F)(F)F)C1)c1ccc(Br)cc1Cl. The van der Waals surface area contributed by atoms with Gasteiger partial charge >= 0.3 is 6.18 Å². The Hall–Kier alpha value is -0.310. The third-order valence-electron chi connectivity index (χ3n) is 3.64. The third kappa shape index (κ3) is 4.37. The minimum absolute atomic E-state index is 0.0186. The Bertz CT molecular complexity index is 651. The molecule has 1 aromatic carbocycles. The molecule has 9 heteroatoms. The van der Waals surface area contributed by atoms with Crippen LogP contribution in [0.2, 0.25) is 5.02 Å². The third-order valence-corrected chi connectivity index (χ3v) is 6.14. The molecule has 1 aliphatic rings. The van der Waals surface area contributed by atoms with E-state index in [1.807, 2.05) is 0 Å². The first-order valence-electron chi connectivity index (χ1n) is 6.63. The first kappa shape index (κ1) is 18.0. The van der Waals surface area contributed by atoms with E-state index in [1.165, 1.54) is 18.2 Å². The van der Waals surface area contributed by atoms with Crippen LogP contribution in [-0.2, 0) is 10.0 Å². The van der Waals surface area contributed by atoms with Crippen LogP contribution in [-0.4, -0.2) is 20.6 Å². The Morgan fingerprint density at radius 2 is 1.95 bits per heavy atom. The molecule has 0 spiro atoms. The van der Waals surface area contributed by atoms with Crippen molar-refractivity contribution in [2.75, 3.05) is 0 Å². The molecular weight excluding hydrogens is 407 g/mol. The molecule has 0 aliphatic heterocycles. The highest BCUT2D eigenvalue weighted by molar-refractivity contribution is 9.10. The minimum Gasteiger partial charge on any atom is -0.208 e. The van der Waals surface area contributed by atoms with E-state index in [9.17, 15) is 21.6 Å². The lowest BCUT2D eigenvalue weighted by Gasteiger charge is -2.30. The van der Waals surface area contributed by atoms with Gasteiger partial charge in [0.15, 0.2) is 0 Å². The van der Waals surface area contributed by atoms with E-state index in [1.54, 1.807) is 0 Å². The van der Waals surface area contributed by atoms with Crippen LogP contribution in [0.3, 0.4) is 0 Å². The average Bonchev–Trinajstić information content (AvgIpc) is 2.36. The number of hydrogen-bond acceptors (Lipinski definition) is 2. The fraction of sp³-hybridized carbons (Fsp3) is 0.538. The maximum atomic E-state index is 12.8. The minimum atomic E-state index is -4.29. The molecule has 0 bridgehead atoms. The van der Waals surface area contributed by atoms with Crippen molar-refractivity contribution in [2.45, 2.75) is 42.8 Å². The van der Waals surface area contributed by atoms with Crippen molar-refractivity contribution in [3.8, 4) is 0 Å². The first-order chi connectivity index (χ1) is 10.1. The van der Waals surface area contributed by atoms with Crippen molar-refractivity contribution in [3.05, 3.63) is 27.7 Å². The molecule has 0 heterocycles. The van der Waals surface area contributed by atoms with Crippen molar-refractivity contribution >= 4 is 37.6 Å². The van der Waals surface area contributed by atoms with Crippen LogP contribution < -0.4 is 4.72 Å². The Kier molecular flexibility index (Phi) is 5.46. The van der Waals surface area contributed by atoms with Crippen LogP contribution in [0, 0.1) is 5.92 Å². The molecule has 22 heavy (non-hydrogen) atoms. The molecule has 1 fully saturated rings. The molecule has 2 atom stereocenters. The number of nitrogens with one attached hydrogen (secondary N) is 1. The van der Waals surface area contributed by atoms with Gasteiger partial charge in [-0.25, -0.2) is 13.1 Å². The van der Waals surface area contributed by atoms with Crippen LogP contribution in [0.5, 0.6) is 0 Å². The summed E-state index contributed by atoms with van der Waals surface area (Å²) < 4.78 is 65.9. The maximum absolute atomic E-state index is 12.8. The summed E-state index contributed by atoms with van der Waals surface area (Å²) >= 11 is 9.07. The molecule has 0 saturated heterocycles. The molecule has 1 N–H and O–H groups in total. The predicted octanol–water partition coefficient (Wildman–Crippen LogP) is 4.50. The van der Waals surface area contributed by atoms with Crippen LogP contribution >= 0.6 is 27.5 Å². The first-order valence-corrected chi connectivity index (χ1v) is 9.29. The average molecular weight is 421 g/mol. The van der Waals surface area contributed by atoms with Gasteiger partial charge in [-0.15, -0.1) is 0 Å². The fourth-order valence-corrected chi connectivity index (χ4v) is 4.89. The molecule has 1 aromatic rings. The molecule has 2 rings (SSSR count). The van der Waals surface area contributed by atoms with Crippen molar-refractivity contribution in [2.24, 2.45) is 5.92 Å². The van der Waals surface area contributed by atoms with Gasteiger partial charge in [-0.2, -0.15) is 13.2 Å². The molecule has 2 unspecified atom stereocenters. The summed E-state index contributed by atoms with van der Waals surface area (Å²) in [5, 5.41) is 0.0186. The van der Waals surface area contributed by atoms with E-state index in [2.05, 4.69) is 20.7 Å². The van der Waals surface area contributed by atoms with E-state index in [-0.39, 0.29) is 22.8 Å². The molecule has 0 radical (unpaired) electrons. The lowest BCUT2D eigenvalue weighted by molar-refractivity contribution is -0.183. The van der Waals surface area contributed by atoms with Crippen molar-refractivity contribution in [1.29, 1.82) is 0 Å². The Labute approximate surface area is 140 Å². The standard InChI is InChI=1S/C13H14BrClF3NO2S/c14-9-4-5-12(11(15)7-9)22(20,21)19-10-3-1-2-8(6-10)13(16,17)18/h4-5,7-8,10,19H,1-3,6H2. The zero-order chi connectivity index (χ0) is 16.5. The lowest BCUT2D eigenvalue weighted by Crippen LogP contribution is -2.41. The summed E-state index contributed by atoms with van der Waals surface area (Å²) in [7, 11) is -3.95. The van der Waals surface area contributed by atoms with Crippen LogP contribution in [0.25, 0.3) is 0 Å². The van der Waals surface area contributed by atoms with Gasteiger partial charge in [0.2, 0.25) is 10.0 Å². The fourth-order valence-electron chi connectivity index (χ4n) is 2.57. The summed E-state index contributed by atoms with van der Waals surface area (Å²) in [6.07, 6.45) is -3.76. The van der Waals surface area contributed by atoms with Crippen molar-refractivity contribution in [3.63, 3.8) is 0 Å². The van der Waals surface area contributed by atoms with E-state index >= 15 is 0 Å². The molecule has 1 aliphatic carbocycles. The van der Waals surface area contributed by atoms with Crippen LogP contribution in [0.15, 0.2) is 27.6 Å². The number of alkyl halides is 3. The second-order valence-corrected chi connectivity index (χ2v) is 8.30. The van der Waals surface area contributed by atoms with Gasteiger partial charge in [0.25, 0.3) is 0 Å². The smallest absolute Gasteiger partial charge is 0.208 e. The van der Waals surface area contributed by atoms with Crippen molar-refractivity contribution < 1.29 is 21.6 Å². The van der Waals surface area contributed by atoms with Gasteiger partial charge in [0, 0.05) is 10.5 Å². The molecule has 0 amide bonds. The lowest BCUT2D eigenvalue weighted by atomic mass is 9.86. The van der Waals surface area contributed by atoms with Gasteiger partial charge < -0.3 is 0 Å². The van der Waals surface area contributed by atoms with E-state index < -0.39 is 28.2 Å². The zero-order valence-electron chi connectivity index (χ0n) is 11.3. The molecular formula is C13H14BrClF3NO2S. The predicted molar refractivity (Wildman–Crippen MR) is 81.3 cm³/mol. The van der Waals surface area contributed by atoms with Gasteiger partial charge in [0.05, 0.1) is 10.9 Å². The molecule has 0 aromatic heterocycles. The number of benzene rings is 1. The second kappa shape index (κ2) is 6.67. The topological polar surface area (TPSA) is 46.2 Å². The number of halogens is 5. The summed E-state index contributed by atoms with van der Waals surface area (Å²) in [4.78, 5) is -0.133. The van der Waals surface area contributed by atoms with Crippen LogP contribution in [0.1, 0.15) is 25.7 Å². The zero-order valence-corrected chi connectivity index (χ0v) is 14.5. The Morgan fingerprint density at radius 3 is 2.55 bits per heavy atom. The Morgan fingerprint density at radius 1 is 1.27 bits per heavy atom. The van der Waals surface area contributed by atoms with Gasteiger partial charge in [-0.1, -0.05) is 34.0 Å². The van der Waals surface area contributed by atoms with E-state index in [0.717, 1.165) is 0 Å². The van der Waals surface area contributed by atoms with Gasteiger partial charge in [0.1, 0.15) is 4.90 Å². The largest absolute Gasteiger partial charge is 0.391 e. The van der Waals surface area contributed by atoms with E-state index in [0.29, 0.717) is 17.3 Å². The quantitative estimate of drug-likeness (QED) is 0.782. The highest BCUT2D eigenvalue weighted by Crippen LogP contribution is 2.38. The van der Waals surface area contributed by atoms with E-state index in [4.69, 9.17) is 11.6 Å². The van der Waals surface area contributed by atoms with Gasteiger partial charge in [-0.3, -0.25) is 0 Å². The van der Waals surface area contributed by atoms with Gasteiger partial charge in [-0.05, 0) is 37.5 Å². The molecule has 124 valence electrons. The monoisotopic (exact) mass is 419 g/mol. The summed E-state index contributed by atoms with van der Waals surface area (Å²) in [6.45, 7) is 0. The normalized spacial score (nSPS) is 23.5. The summed E-state index contributed by atoms with van der Waals surface area (Å²) in [5.74, 6) is -1.46. The van der Waals surface area contributed by atoms with Crippen molar-refractivity contribution in [1.82, 2.24) is 4.72 Å². The summed E-state index contributed by atoms with van der Waals surface area (Å²) in [6, 6.07) is 3.53.